The lowest BCUT2D eigenvalue weighted by atomic mass is 9.98. The normalized spacial score (nSPS) is 28.4. The predicted molar refractivity (Wildman–Crippen MR) is 94.0 cm³/mol. The first kappa shape index (κ1) is 19.6. The van der Waals surface area contributed by atoms with Crippen LogP contribution >= 0.6 is 0 Å². The van der Waals surface area contributed by atoms with E-state index in [0.29, 0.717) is 29.0 Å². The van der Waals surface area contributed by atoms with Crippen molar-refractivity contribution >= 4 is 23.1 Å². The first-order chi connectivity index (χ1) is 13.0. The molecule has 1 aliphatic rings. The predicted octanol–water partition coefficient (Wildman–Crippen LogP) is 0.142. The third-order valence-electron chi connectivity index (χ3n) is 4.41. The average Bonchev–Trinajstić information content (AvgIpc) is 3.13. The lowest BCUT2D eigenvalue weighted by molar-refractivity contribution is -0.0564. The summed E-state index contributed by atoms with van der Waals surface area (Å²) in [6, 6.07) is 0. The van der Waals surface area contributed by atoms with Gasteiger partial charge < -0.3 is 24.6 Å². The molecule has 0 aromatic carbocycles. The highest BCUT2D eigenvalue weighted by Crippen LogP contribution is 2.43. The molecular formula is C16H22FN5O5. The van der Waals surface area contributed by atoms with Gasteiger partial charge in [-0.2, -0.15) is 0 Å². The number of aromatic nitrogens is 3. The van der Waals surface area contributed by atoms with Crippen LogP contribution < -0.4 is 5.48 Å². The standard InChI is InChI=1S/C16H22FN5O5/c1-3-26-21-13-11-9(4-18-8-24)5-22(14(11)20-7-19-13)15-16(2,17)12(25)10(6-23)27-15/h4-5,7,10,12,15,23-25H,3,6,8H2,1-2H3,(H,19,20,21)/b18-4-. The molecule has 1 fully saturated rings. The Labute approximate surface area is 154 Å². The molecule has 4 unspecified atom stereocenters. The number of alkyl halides is 1. The minimum atomic E-state index is -2.18. The van der Waals surface area contributed by atoms with Crippen LogP contribution in [0.1, 0.15) is 25.6 Å². The number of aliphatic hydroxyl groups excluding tert-OH is 3. The number of fused-ring (bicyclic) bond motifs is 1. The maximum absolute atomic E-state index is 15.2. The SMILES string of the molecule is CCONc1ncnc2c1c(/C=N\CO)cn2C1OC(CO)C(O)C1(C)F. The summed E-state index contributed by atoms with van der Waals surface area (Å²) in [6.45, 7) is 2.42. The molecule has 2 aromatic rings. The van der Waals surface area contributed by atoms with Crippen molar-refractivity contribution in [2.75, 3.05) is 25.4 Å². The molecule has 0 amide bonds. The minimum absolute atomic E-state index is 0.311. The number of ether oxygens (including phenoxy) is 1. The number of aliphatic hydroxyl groups is 3. The molecule has 3 rings (SSSR count). The van der Waals surface area contributed by atoms with Gasteiger partial charge in [-0.25, -0.2) is 19.8 Å². The number of hydrogen-bond acceptors (Lipinski definition) is 9. The van der Waals surface area contributed by atoms with Crippen LogP contribution in [0.2, 0.25) is 0 Å². The Balaban J connectivity index is 2.15. The fraction of sp³-hybridized carbons (Fsp3) is 0.562. The zero-order valence-corrected chi connectivity index (χ0v) is 14.9. The second-order valence-corrected chi connectivity index (χ2v) is 6.21. The number of rotatable bonds is 7. The van der Waals surface area contributed by atoms with Crippen LogP contribution in [0.4, 0.5) is 10.2 Å². The molecular weight excluding hydrogens is 361 g/mol. The molecule has 1 aliphatic heterocycles. The van der Waals surface area contributed by atoms with Crippen molar-refractivity contribution in [2.45, 2.75) is 38.0 Å². The zero-order chi connectivity index (χ0) is 19.6. The molecule has 3 heterocycles. The Morgan fingerprint density at radius 1 is 1.48 bits per heavy atom. The van der Waals surface area contributed by atoms with Gasteiger partial charge in [-0.15, -0.1) is 0 Å². The van der Waals surface area contributed by atoms with Crippen LogP contribution in [-0.4, -0.2) is 73.9 Å². The Hall–Kier alpha value is -2.18. The van der Waals surface area contributed by atoms with Crippen molar-refractivity contribution in [3.05, 3.63) is 18.1 Å². The van der Waals surface area contributed by atoms with Gasteiger partial charge in [-0.3, -0.25) is 9.83 Å². The molecule has 2 aromatic heterocycles. The Bertz CT molecular complexity index is 827. The molecule has 0 bridgehead atoms. The molecule has 4 atom stereocenters. The van der Waals surface area contributed by atoms with Crippen molar-refractivity contribution in [1.29, 1.82) is 0 Å². The highest BCUT2D eigenvalue weighted by atomic mass is 19.1. The van der Waals surface area contributed by atoms with Gasteiger partial charge in [-0.1, -0.05) is 0 Å². The van der Waals surface area contributed by atoms with Gasteiger partial charge in [0.15, 0.2) is 17.7 Å². The van der Waals surface area contributed by atoms with Crippen molar-refractivity contribution in [1.82, 2.24) is 14.5 Å². The van der Waals surface area contributed by atoms with E-state index in [9.17, 15) is 10.2 Å². The van der Waals surface area contributed by atoms with Crippen LogP contribution in [0.5, 0.6) is 0 Å². The summed E-state index contributed by atoms with van der Waals surface area (Å²) in [7, 11) is 0. The summed E-state index contributed by atoms with van der Waals surface area (Å²) in [5, 5.41) is 29.0. The number of aliphatic imine (C=N–C) groups is 1. The van der Waals surface area contributed by atoms with Gasteiger partial charge in [0.1, 0.15) is 30.9 Å². The summed E-state index contributed by atoms with van der Waals surface area (Å²) >= 11 is 0. The van der Waals surface area contributed by atoms with Crippen molar-refractivity contribution in [3.8, 4) is 0 Å². The first-order valence-corrected chi connectivity index (χ1v) is 8.43. The molecule has 0 saturated carbocycles. The zero-order valence-electron chi connectivity index (χ0n) is 14.9. The van der Waals surface area contributed by atoms with Gasteiger partial charge in [-0.05, 0) is 13.8 Å². The van der Waals surface area contributed by atoms with E-state index in [0.717, 1.165) is 0 Å². The van der Waals surface area contributed by atoms with E-state index in [1.54, 1.807) is 6.92 Å². The first-order valence-electron chi connectivity index (χ1n) is 8.43. The second-order valence-electron chi connectivity index (χ2n) is 6.21. The van der Waals surface area contributed by atoms with Crippen LogP contribution in [0.25, 0.3) is 11.0 Å². The Morgan fingerprint density at radius 3 is 2.89 bits per heavy atom. The van der Waals surface area contributed by atoms with E-state index in [4.69, 9.17) is 14.7 Å². The van der Waals surface area contributed by atoms with E-state index < -0.39 is 37.4 Å². The van der Waals surface area contributed by atoms with E-state index in [1.165, 1.54) is 30.2 Å². The van der Waals surface area contributed by atoms with Gasteiger partial charge in [0.25, 0.3) is 0 Å². The summed E-state index contributed by atoms with van der Waals surface area (Å²) in [5.41, 5.74) is 1.32. The summed E-state index contributed by atoms with van der Waals surface area (Å²) in [5.74, 6) is 0.331. The fourth-order valence-electron chi connectivity index (χ4n) is 3.11. The molecule has 1 saturated heterocycles. The van der Waals surface area contributed by atoms with Crippen molar-refractivity contribution in [2.24, 2.45) is 4.99 Å². The Kier molecular flexibility index (Phi) is 5.67. The Morgan fingerprint density at radius 2 is 2.26 bits per heavy atom. The van der Waals surface area contributed by atoms with Crippen LogP contribution in [-0.2, 0) is 9.57 Å². The molecule has 0 aliphatic carbocycles. The molecule has 10 nitrogen and oxygen atoms in total. The molecule has 11 heteroatoms. The minimum Gasteiger partial charge on any atom is -0.394 e. The highest BCUT2D eigenvalue weighted by molar-refractivity contribution is 6.03. The van der Waals surface area contributed by atoms with E-state index in [2.05, 4.69) is 20.4 Å². The van der Waals surface area contributed by atoms with Gasteiger partial charge in [0.2, 0.25) is 0 Å². The van der Waals surface area contributed by atoms with E-state index >= 15 is 4.39 Å². The van der Waals surface area contributed by atoms with Gasteiger partial charge in [0.05, 0.1) is 18.6 Å². The lowest BCUT2D eigenvalue weighted by Crippen LogP contribution is -2.40. The lowest BCUT2D eigenvalue weighted by Gasteiger charge is -2.25. The third kappa shape index (κ3) is 3.39. The van der Waals surface area contributed by atoms with Gasteiger partial charge in [0, 0.05) is 18.0 Å². The molecule has 4 N–H and O–H groups in total. The fourth-order valence-corrected chi connectivity index (χ4v) is 3.11. The number of nitrogens with one attached hydrogen (secondary N) is 1. The summed E-state index contributed by atoms with van der Waals surface area (Å²) < 4.78 is 22.2. The molecule has 0 spiro atoms. The average molecular weight is 383 g/mol. The number of nitrogens with zero attached hydrogens (tertiary/aromatic N) is 4. The van der Waals surface area contributed by atoms with Crippen LogP contribution in [0.15, 0.2) is 17.5 Å². The van der Waals surface area contributed by atoms with Crippen LogP contribution in [0, 0.1) is 0 Å². The van der Waals surface area contributed by atoms with E-state index in [-0.39, 0.29) is 0 Å². The number of hydrogen-bond donors (Lipinski definition) is 4. The van der Waals surface area contributed by atoms with Crippen LogP contribution in [0.3, 0.4) is 0 Å². The molecule has 0 radical (unpaired) electrons. The highest BCUT2D eigenvalue weighted by Gasteiger charge is 2.55. The van der Waals surface area contributed by atoms with E-state index in [1.807, 2.05) is 0 Å². The smallest absolute Gasteiger partial charge is 0.181 e. The summed E-state index contributed by atoms with van der Waals surface area (Å²) in [6.07, 6.45) is 0.381. The molecule has 148 valence electrons. The maximum atomic E-state index is 15.2. The maximum Gasteiger partial charge on any atom is 0.181 e. The van der Waals surface area contributed by atoms with Gasteiger partial charge >= 0.3 is 0 Å². The molecule has 27 heavy (non-hydrogen) atoms. The largest absolute Gasteiger partial charge is 0.394 e. The second kappa shape index (κ2) is 7.82. The summed E-state index contributed by atoms with van der Waals surface area (Å²) in [4.78, 5) is 17.3. The van der Waals surface area contributed by atoms with Crippen molar-refractivity contribution in [3.63, 3.8) is 0 Å². The van der Waals surface area contributed by atoms with Crippen molar-refractivity contribution < 1.29 is 29.3 Å². The quantitative estimate of drug-likeness (QED) is 0.392. The monoisotopic (exact) mass is 383 g/mol. The number of anilines is 1. The number of halogens is 1. The topological polar surface area (TPSA) is 134 Å². The third-order valence-corrected chi connectivity index (χ3v) is 4.41.